The number of carbonyl (C=O) groups excluding carboxylic acids is 1. The van der Waals surface area contributed by atoms with Crippen LogP contribution in [0.1, 0.15) is 30.1 Å². The average Bonchev–Trinajstić information content (AvgIpc) is 3.19. The van der Waals surface area contributed by atoms with Gasteiger partial charge in [-0.25, -0.2) is 0 Å². The smallest absolute Gasteiger partial charge is 0.293 e. The fourth-order valence-electron chi connectivity index (χ4n) is 2.17. The lowest BCUT2D eigenvalue weighted by molar-refractivity contribution is -0.129. The number of aromatic nitrogens is 1. The van der Waals surface area contributed by atoms with Crippen molar-refractivity contribution in [1.29, 1.82) is 0 Å². The maximum absolute atomic E-state index is 10.5. The molecule has 6 heteroatoms. The van der Waals surface area contributed by atoms with Crippen molar-refractivity contribution in [2.24, 2.45) is 0 Å². The maximum atomic E-state index is 10.5. The van der Waals surface area contributed by atoms with Crippen molar-refractivity contribution in [3.63, 3.8) is 0 Å². The lowest BCUT2D eigenvalue weighted by Gasteiger charge is -2.06. The molecule has 0 unspecified atom stereocenters. The van der Waals surface area contributed by atoms with E-state index in [2.05, 4.69) is 5.16 Å². The van der Waals surface area contributed by atoms with Crippen LogP contribution in [-0.2, 0) is 16.1 Å². The molecule has 20 heavy (non-hydrogen) atoms. The van der Waals surface area contributed by atoms with Crippen molar-refractivity contribution in [2.45, 2.75) is 25.4 Å². The van der Waals surface area contributed by atoms with E-state index in [1.807, 2.05) is 0 Å². The highest BCUT2D eigenvalue weighted by Crippen LogP contribution is 2.45. The summed E-state index contributed by atoms with van der Waals surface area (Å²) < 4.78 is 10.3. The minimum absolute atomic E-state index is 0.107. The molecule has 1 aliphatic carbocycles. The van der Waals surface area contributed by atoms with Gasteiger partial charge in [-0.2, -0.15) is 0 Å². The molecule has 0 saturated heterocycles. The Kier molecular flexibility index (Phi) is 3.68. The Morgan fingerprint density at radius 3 is 2.65 bits per heavy atom. The van der Waals surface area contributed by atoms with E-state index in [9.17, 15) is 4.79 Å². The Labute approximate surface area is 125 Å². The first-order chi connectivity index (χ1) is 9.72. The third-order valence-corrected chi connectivity index (χ3v) is 3.89. The molecule has 4 nitrogen and oxygen atoms in total. The number of hydrogen-bond donors (Lipinski definition) is 0. The van der Waals surface area contributed by atoms with Crippen LogP contribution in [0.15, 0.2) is 22.7 Å². The first-order valence-corrected chi connectivity index (χ1v) is 6.96. The van der Waals surface area contributed by atoms with Crippen molar-refractivity contribution >= 4 is 29.7 Å². The summed E-state index contributed by atoms with van der Waals surface area (Å²) in [4.78, 5) is 10.5. The van der Waals surface area contributed by atoms with Gasteiger partial charge >= 0.3 is 0 Å². The van der Waals surface area contributed by atoms with Crippen LogP contribution in [-0.4, -0.2) is 11.6 Å². The highest BCUT2D eigenvalue weighted by Gasteiger charge is 2.33. The predicted octanol–water partition coefficient (Wildman–Crippen LogP) is 4.20. The third-order valence-electron chi connectivity index (χ3n) is 3.26. The summed E-state index contributed by atoms with van der Waals surface area (Å²) in [6.07, 6.45) is 2.11. The second kappa shape index (κ2) is 5.46. The van der Waals surface area contributed by atoms with E-state index >= 15 is 0 Å². The van der Waals surface area contributed by atoms with Gasteiger partial charge < -0.3 is 9.26 Å². The van der Waals surface area contributed by atoms with Gasteiger partial charge in [0.05, 0.1) is 15.6 Å². The van der Waals surface area contributed by atoms with Crippen molar-refractivity contribution in [3.8, 4) is 11.3 Å². The molecule has 1 saturated carbocycles. The molecule has 0 amide bonds. The van der Waals surface area contributed by atoms with Gasteiger partial charge in [-0.15, -0.1) is 0 Å². The molecular formula is C14H11Cl2NO3. The van der Waals surface area contributed by atoms with Gasteiger partial charge in [-0.3, -0.25) is 4.79 Å². The lowest BCUT2D eigenvalue weighted by Crippen LogP contribution is -1.96. The molecule has 0 radical (unpaired) electrons. The van der Waals surface area contributed by atoms with Gasteiger partial charge in [0, 0.05) is 11.5 Å². The van der Waals surface area contributed by atoms with E-state index in [0.29, 0.717) is 33.7 Å². The van der Waals surface area contributed by atoms with Crippen LogP contribution in [0.4, 0.5) is 0 Å². The topological polar surface area (TPSA) is 52.3 Å². The van der Waals surface area contributed by atoms with Gasteiger partial charge in [0.1, 0.15) is 18.1 Å². The van der Waals surface area contributed by atoms with Crippen LogP contribution in [0.3, 0.4) is 0 Å². The van der Waals surface area contributed by atoms with Crippen LogP contribution in [0, 0.1) is 0 Å². The van der Waals surface area contributed by atoms with Crippen LogP contribution in [0.25, 0.3) is 11.3 Å². The average molecular weight is 312 g/mol. The van der Waals surface area contributed by atoms with E-state index in [1.54, 1.807) is 18.2 Å². The number of rotatable bonds is 5. The number of carbonyl (C=O) groups is 1. The van der Waals surface area contributed by atoms with Gasteiger partial charge in [0.2, 0.25) is 0 Å². The van der Waals surface area contributed by atoms with E-state index in [1.165, 1.54) is 0 Å². The van der Waals surface area contributed by atoms with Gasteiger partial charge in [-0.05, 0) is 25.0 Å². The summed E-state index contributed by atoms with van der Waals surface area (Å²) in [5, 5.41) is 5.06. The molecule has 3 rings (SSSR count). The molecule has 1 aliphatic rings. The minimum Gasteiger partial charge on any atom is -0.463 e. The Morgan fingerprint density at radius 2 is 2.05 bits per heavy atom. The van der Waals surface area contributed by atoms with Crippen LogP contribution in [0.5, 0.6) is 0 Å². The Balaban J connectivity index is 2.10. The number of ether oxygens (including phenoxy) is 1. The first-order valence-electron chi connectivity index (χ1n) is 6.20. The molecular weight excluding hydrogens is 301 g/mol. The monoisotopic (exact) mass is 311 g/mol. The van der Waals surface area contributed by atoms with Crippen molar-refractivity contribution in [2.75, 3.05) is 0 Å². The van der Waals surface area contributed by atoms with Gasteiger partial charge in [0.25, 0.3) is 6.47 Å². The van der Waals surface area contributed by atoms with E-state index in [-0.39, 0.29) is 6.61 Å². The lowest BCUT2D eigenvalue weighted by atomic mass is 10.0. The first kappa shape index (κ1) is 13.5. The van der Waals surface area contributed by atoms with Crippen molar-refractivity contribution in [3.05, 3.63) is 39.6 Å². The Bertz CT molecular complexity index is 630. The summed E-state index contributed by atoms with van der Waals surface area (Å²) in [5.74, 6) is 1.11. The van der Waals surface area contributed by atoms with E-state index < -0.39 is 0 Å². The van der Waals surface area contributed by atoms with E-state index in [0.717, 1.165) is 24.2 Å². The van der Waals surface area contributed by atoms with Gasteiger partial charge in [0.15, 0.2) is 0 Å². The molecule has 1 heterocycles. The standard InChI is InChI=1S/C14H11Cl2NO3/c15-10-2-1-3-11(16)12(10)13-9(6-19-7-18)14(20-17-13)8-4-5-8/h1-3,7-8H,4-6H2. The fraction of sp³-hybridized carbons (Fsp3) is 0.286. The highest BCUT2D eigenvalue weighted by atomic mass is 35.5. The summed E-state index contributed by atoms with van der Waals surface area (Å²) in [6.45, 7) is 0.511. The second-order valence-corrected chi connectivity index (χ2v) is 5.47. The molecule has 1 aromatic carbocycles. The molecule has 0 N–H and O–H groups in total. The molecule has 0 bridgehead atoms. The largest absolute Gasteiger partial charge is 0.463 e. The molecule has 0 aliphatic heterocycles. The van der Waals surface area contributed by atoms with Crippen molar-refractivity contribution < 1.29 is 14.1 Å². The zero-order chi connectivity index (χ0) is 14.1. The summed E-state index contributed by atoms with van der Waals surface area (Å²) in [5.41, 5.74) is 1.90. The quantitative estimate of drug-likeness (QED) is 0.777. The predicted molar refractivity (Wildman–Crippen MR) is 74.8 cm³/mol. The molecule has 2 aromatic rings. The van der Waals surface area contributed by atoms with E-state index in [4.69, 9.17) is 32.5 Å². The summed E-state index contributed by atoms with van der Waals surface area (Å²) in [6, 6.07) is 5.23. The van der Waals surface area contributed by atoms with Crippen LogP contribution in [0.2, 0.25) is 10.0 Å². The third kappa shape index (κ3) is 2.41. The Morgan fingerprint density at radius 1 is 1.35 bits per heavy atom. The summed E-state index contributed by atoms with van der Waals surface area (Å²) in [7, 11) is 0. The SMILES string of the molecule is O=COCc1c(-c2c(Cl)cccc2Cl)noc1C1CC1. The number of benzene rings is 1. The number of hydrogen-bond acceptors (Lipinski definition) is 4. The molecule has 0 atom stereocenters. The van der Waals surface area contributed by atoms with Crippen LogP contribution < -0.4 is 0 Å². The highest BCUT2D eigenvalue weighted by molar-refractivity contribution is 6.39. The molecule has 0 spiro atoms. The normalized spacial score (nSPS) is 14.3. The number of halogens is 2. The maximum Gasteiger partial charge on any atom is 0.293 e. The molecule has 1 aromatic heterocycles. The van der Waals surface area contributed by atoms with Gasteiger partial charge in [-0.1, -0.05) is 34.4 Å². The zero-order valence-electron chi connectivity index (χ0n) is 10.4. The summed E-state index contributed by atoms with van der Waals surface area (Å²) >= 11 is 12.4. The zero-order valence-corrected chi connectivity index (χ0v) is 11.9. The molecule has 1 fully saturated rings. The second-order valence-electron chi connectivity index (χ2n) is 4.65. The fourth-order valence-corrected chi connectivity index (χ4v) is 2.74. The Hall–Kier alpha value is -1.52. The van der Waals surface area contributed by atoms with Crippen molar-refractivity contribution in [1.82, 2.24) is 5.16 Å². The van der Waals surface area contributed by atoms with Crippen LogP contribution >= 0.6 is 23.2 Å². The minimum atomic E-state index is 0.107. The number of nitrogens with zero attached hydrogens (tertiary/aromatic N) is 1. The molecule has 104 valence electrons.